The molecule has 0 fully saturated rings. The average molecular weight is 336 g/mol. The minimum Gasteiger partial charge on any atom is -0.392 e. The predicted molar refractivity (Wildman–Crippen MR) is 68.1 cm³/mol. The molecule has 14 heavy (non-hydrogen) atoms. The van der Waals surface area contributed by atoms with Gasteiger partial charge in [-0.1, -0.05) is 22.0 Å². The highest BCUT2D eigenvalue weighted by atomic mass is 79.9. The van der Waals surface area contributed by atoms with Crippen molar-refractivity contribution in [3.05, 3.63) is 33.1 Å². The maximum Gasteiger partial charge on any atom is 0.0682 e. The number of thiophene rings is 1. The predicted octanol–water partition coefficient (Wildman–Crippen LogP) is 4.05. The van der Waals surface area contributed by atoms with Crippen molar-refractivity contribution in [2.45, 2.75) is 11.9 Å². The molecule has 0 amide bonds. The Balaban J connectivity index is 2.76. The van der Waals surface area contributed by atoms with Crippen molar-refractivity contribution in [1.82, 2.24) is 0 Å². The van der Waals surface area contributed by atoms with E-state index in [2.05, 4.69) is 37.2 Å². The smallest absolute Gasteiger partial charge is 0.0682 e. The molecule has 1 nitrogen and oxygen atoms in total. The normalized spacial score (nSPS) is 11.1. The molecule has 74 valence electrons. The minimum absolute atomic E-state index is 0.103. The van der Waals surface area contributed by atoms with E-state index in [1.54, 1.807) is 11.3 Å². The molecule has 0 saturated carbocycles. The zero-order valence-corrected chi connectivity index (χ0v) is 11.2. The van der Waals surface area contributed by atoms with Crippen molar-refractivity contribution in [1.29, 1.82) is 0 Å². The van der Waals surface area contributed by atoms with Gasteiger partial charge in [-0.05, 0) is 33.1 Å². The number of benzene rings is 1. The molecule has 0 saturated heterocycles. The molecule has 0 radical (unpaired) electrons. The number of hydrogen-bond donors (Lipinski definition) is 1. The second kappa shape index (κ2) is 4.31. The lowest BCUT2D eigenvalue weighted by Crippen LogP contribution is -1.86. The van der Waals surface area contributed by atoms with Gasteiger partial charge in [0.25, 0.3) is 0 Å². The van der Waals surface area contributed by atoms with E-state index in [0.717, 1.165) is 15.4 Å². The van der Waals surface area contributed by atoms with Crippen molar-refractivity contribution in [3.8, 4) is 0 Å². The van der Waals surface area contributed by atoms with E-state index in [1.807, 2.05) is 12.1 Å². The van der Waals surface area contributed by atoms with E-state index in [-0.39, 0.29) is 6.61 Å². The standard InChI is InChI=1S/C10H8Br2OS/c11-3-7-1-6(4-13)2-9-10(7)8(12)5-14-9/h1-2,5,13H,3-4H2. The molecule has 0 bridgehead atoms. The summed E-state index contributed by atoms with van der Waals surface area (Å²) in [5.41, 5.74) is 2.20. The van der Waals surface area contributed by atoms with Gasteiger partial charge >= 0.3 is 0 Å². The van der Waals surface area contributed by atoms with Gasteiger partial charge in [-0.3, -0.25) is 0 Å². The molecule has 0 aliphatic heterocycles. The highest BCUT2D eigenvalue weighted by molar-refractivity contribution is 9.10. The van der Waals surface area contributed by atoms with Crippen LogP contribution in [0.2, 0.25) is 0 Å². The molecular formula is C10H8Br2OS. The Labute approximate surface area is 103 Å². The number of fused-ring (bicyclic) bond motifs is 1. The Hall–Kier alpha value is 0.1000. The Kier molecular flexibility index (Phi) is 3.27. The van der Waals surface area contributed by atoms with Crippen LogP contribution in [0.3, 0.4) is 0 Å². The van der Waals surface area contributed by atoms with Gasteiger partial charge in [0.15, 0.2) is 0 Å². The zero-order valence-electron chi connectivity index (χ0n) is 7.26. The van der Waals surface area contributed by atoms with E-state index >= 15 is 0 Å². The molecule has 2 aromatic rings. The Morgan fingerprint density at radius 1 is 1.36 bits per heavy atom. The monoisotopic (exact) mass is 334 g/mol. The van der Waals surface area contributed by atoms with Crippen LogP contribution in [0, 0.1) is 0 Å². The first-order valence-electron chi connectivity index (χ1n) is 4.11. The summed E-state index contributed by atoms with van der Waals surface area (Å²) in [6.45, 7) is 0.103. The summed E-state index contributed by atoms with van der Waals surface area (Å²) in [6.07, 6.45) is 0. The van der Waals surface area contributed by atoms with Crippen LogP contribution < -0.4 is 0 Å². The molecule has 0 unspecified atom stereocenters. The highest BCUT2D eigenvalue weighted by Gasteiger charge is 2.08. The maximum absolute atomic E-state index is 9.10. The van der Waals surface area contributed by atoms with Gasteiger partial charge in [0, 0.05) is 25.3 Å². The van der Waals surface area contributed by atoms with Gasteiger partial charge in [-0.25, -0.2) is 0 Å². The third-order valence-corrected chi connectivity index (χ3v) is 4.56. The van der Waals surface area contributed by atoms with E-state index < -0.39 is 0 Å². The molecule has 1 N–H and O–H groups in total. The minimum atomic E-state index is 0.103. The molecule has 0 atom stereocenters. The summed E-state index contributed by atoms with van der Waals surface area (Å²) in [6, 6.07) is 4.07. The van der Waals surface area contributed by atoms with Crippen molar-refractivity contribution < 1.29 is 5.11 Å². The fourth-order valence-electron chi connectivity index (χ4n) is 1.47. The molecule has 1 aromatic carbocycles. The second-order valence-corrected chi connectivity index (χ2v) is 5.33. The first kappa shape index (κ1) is 10.6. The molecule has 0 aliphatic carbocycles. The molecule has 2 rings (SSSR count). The van der Waals surface area contributed by atoms with Crippen LogP contribution in [0.25, 0.3) is 10.1 Å². The van der Waals surface area contributed by atoms with Crippen LogP contribution in [0.4, 0.5) is 0 Å². The first-order valence-corrected chi connectivity index (χ1v) is 6.91. The summed E-state index contributed by atoms with van der Waals surface area (Å²) in [4.78, 5) is 0. The fraction of sp³-hybridized carbons (Fsp3) is 0.200. The lowest BCUT2D eigenvalue weighted by Gasteiger charge is -2.03. The van der Waals surface area contributed by atoms with Crippen molar-refractivity contribution in [3.63, 3.8) is 0 Å². The maximum atomic E-state index is 9.10. The first-order chi connectivity index (χ1) is 6.76. The van der Waals surface area contributed by atoms with Gasteiger partial charge < -0.3 is 5.11 Å². The number of hydrogen-bond acceptors (Lipinski definition) is 2. The third-order valence-electron chi connectivity index (χ3n) is 2.10. The van der Waals surface area contributed by atoms with Crippen LogP contribution in [0.15, 0.2) is 22.0 Å². The molecule has 4 heteroatoms. The van der Waals surface area contributed by atoms with Crippen LogP contribution in [-0.2, 0) is 11.9 Å². The number of aliphatic hydroxyl groups excluding tert-OH is 1. The third kappa shape index (κ3) is 1.76. The average Bonchev–Trinajstić information content (AvgIpc) is 2.59. The van der Waals surface area contributed by atoms with Gasteiger partial charge in [0.1, 0.15) is 0 Å². The largest absolute Gasteiger partial charge is 0.392 e. The number of rotatable bonds is 2. The van der Waals surface area contributed by atoms with E-state index in [0.29, 0.717) is 0 Å². The topological polar surface area (TPSA) is 20.2 Å². The quantitative estimate of drug-likeness (QED) is 0.821. The lowest BCUT2D eigenvalue weighted by atomic mass is 10.1. The Morgan fingerprint density at radius 2 is 2.14 bits per heavy atom. The van der Waals surface area contributed by atoms with Gasteiger partial charge in [-0.2, -0.15) is 0 Å². The SMILES string of the molecule is OCc1cc(CBr)c2c(Br)csc2c1. The molecular weight excluding hydrogens is 328 g/mol. The van der Waals surface area contributed by atoms with Gasteiger partial charge in [0.2, 0.25) is 0 Å². The number of alkyl halides is 1. The van der Waals surface area contributed by atoms with Crippen LogP contribution in [-0.4, -0.2) is 5.11 Å². The van der Waals surface area contributed by atoms with E-state index in [4.69, 9.17) is 5.11 Å². The van der Waals surface area contributed by atoms with Crippen molar-refractivity contribution in [2.24, 2.45) is 0 Å². The van der Waals surface area contributed by atoms with Crippen LogP contribution >= 0.6 is 43.2 Å². The summed E-state index contributed by atoms with van der Waals surface area (Å²) in [5.74, 6) is 0. The summed E-state index contributed by atoms with van der Waals surface area (Å²) < 4.78 is 2.36. The zero-order chi connectivity index (χ0) is 10.1. The molecule has 0 aliphatic rings. The molecule has 0 spiro atoms. The van der Waals surface area contributed by atoms with Crippen LogP contribution in [0.5, 0.6) is 0 Å². The fourth-order valence-corrected chi connectivity index (χ4v) is 3.72. The number of halogens is 2. The Morgan fingerprint density at radius 3 is 2.79 bits per heavy atom. The van der Waals surface area contributed by atoms with Crippen molar-refractivity contribution >= 4 is 53.3 Å². The summed E-state index contributed by atoms with van der Waals surface area (Å²) >= 11 is 8.69. The van der Waals surface area contributed by atoms with E-state index in [9.17, 15) is 0 Å². The molecule has 1 aromatic heterocycles. The second-order valence-electron chi connectivity index (χ2n) is 3.00. The summed E-state index contributed by atoms with van der Waals surface area (Å²) in [5, 5.41) is 13.2. The molecule has 1 heterocycles. The van der Waals surface area contributed by atoms with Crippen molar-refractivity contribution in [2.75, 3.05) is 0 Å². The van der Waals surface area contributed by atoms with E-state index in [1.165, 1.54) is 15.6 Å². The Bertz CT molecular complexity index is 464. The van der Waals surface area contributed by atoms with Crippen LogP contribution in [0.1, 0.15) is 11.1 Å². The van der Waals surface area contributed by atoms with Gasteiger partial charge in [-0.15, -0.1) is 11.3 Å². The highest BCUT2D eigenvalue weighted by Crippen LogP contribution is 2.34. The summed E-state index contributed by atoms with van der Waals surface area (Å²) in [7, 11) is 0. The number of aliphatic hydroxyl groups is 1. The van der Waals surface area contributed by atoms with Gasteiger partial charge in [0.05, 0.1) is 6.61 Å². The lowest BCUT2D eigenvalue weighted by molar-refractivity contribution is 0.282.